The van der Waals surface area contributed by atoms with Gasteiger partial charge in [0.2, 0.25) is 17.7 Å². The number of hydrogen-bond donors (Lipinski definition) is 7. The van der Waals surface area contributed by atoms with Crippen LogP contribution in [-0.2, 0) is 24.0 Å². The molecule has 0 aromatic heterocycles. The first-order chi connectivity index (χ1) is 19.5. The number of aliphatic carboxylic acids is 2. The van der Waals surface area contributed by atoms with Gasteiger partial charge in [0, 0.05) is 43.6 Å². The van der Waals surface area contributed by atoms with Crippen molar-refractivity contribution >= 4 is 41.3 Å². The van der Waals surface area contributed by atoms with Gasteiger partial charge in [0.1, 0.15) is 12.1 Å². The van der Waals surface area contributed by atoms with E-state index in [1.165, 1.54) is 0 Å². The summed E-state index contributed by atoms with van der Waals surface area (Å²) < 4.78 is 0. The van der Waals surface area contributed by atoms with Gasteiger partial charge in [-0.1, -0.05) is 13.3 Å². The van der Waals surface area contributed by atoms with Gasteiger partial charge < -0.3 is 37.2 Å². The van der Waals surface area contributed by atoms with Crippen LogP contribution in [0.15, 0.2) is 24.3 Å². The first-order valence-corrected chi connectivity index (χ1v) is 14.0. The Hall–Kier alpha value is -4.16. The maximum Gasteiger partial charge on any atom is 0.326 e. The summed E-state index contributed by atoms with van der Waals surface area (Å²) in [5, 5.41) is 28.9. The van der Waals surface area contributed by atoms with E-state index >= 15 is 0 Å². The molecule has 0 fully saturated rings. The van der Waals surface area contributed by atoms with Gasteiger partial charge >= 0.3 is 11.9 Å². The molecule has 13 heteroatoms. The van der Waals surface area contributed by atoms with Crippen LogP contribution >= 0.6 is 0 Å². The summed E-state index contributed by atoms with van der Waals surface area (Å²) in [6, 6.07) is 5.08. The van der Waals surface area contributed by atoms with Crippen molar-refractivity contribution in [3.8, 4) is 0 Å². The smallest absolute Gasteiger partial charge is 0.326 e. The van der Waals surface area contributed by atoms with Crippen LogP contribution < -0.4 is 27.0 Å². The van der Waals surface area contributed by atoms with Crippen LogP contribution in [0.1, 0.15) is 87.9 Å². The summed E-state index contributed by atoms with van der Waals surface area (Å²) in [5.74, 6) is -4.29. The van der Waals surface area contributed by atoms with Gasteiger partial charge in [-0.2, -0.15) is 0 Å². The van der Waals surface area contributed by atoms with Crippen LogP contribution in [-0.4, -0.2) is 71.0 Å². The molecule has 0 aliphatic heterocycles. The number of nitrogens with two attached hydrogens (primary N) is 1. The molecular formula is C28H43N5O8. The van der Waals surface area contributed by atoms with Gasteiger partial charge in [0.15, 0.2) is 0 Å². The van der Waals surface area contributed by atoms with Gasteiger partial charge in [-0.15, -0.1) is 0 Å². The predicted octanol–water partition coefficient (Wildman–Crippen LogP) is 1.76. The minimum Gasteiger partial charge on any atom is -0.481 e. The third-order valence-corrected chi connectivity index (χ3v) is 6.21. The fraction of sp³-hybridized carbons (Fsp3) is 0.571. The minimum atomic E-state index is -1.27. The van der Waals surface area contributed by atoms with Crippen LogP contribution in [0.4, 0.5) is 5.69 Å². The van der Waals surface area contributed by atoms with Crippen LogP contribution in [0.25, 0.3) is 0 Å². The lowest BCUT2D eigenvalue weighted by molar-refractivity contribution is -0.142. The molecule has 0 saturated heterocycles. The van der Waals surface area contributed by atoms with E-state index in [4.69, 9.17) is 10.8 Å². The van der Waals surface area contributed by atoms with E-state index < -0.39 is 41.7 Å². The van der Waals surface area contributed by atoms with Crippen molar-refractivity contribution in [1.29, 1.82) is 0 Å². The second-order valence-electron chi connectivity index (χ2n) is 9.73. The number of carbonyl (C=O) groups excluding carboxylic acids is 4. The summed E-state index contributed by atoms with van der Waals surface area (Å²) in [6.07, 6.45) is 3.31. The molecule has 0 aliphatic rings. The Bertz CT molecular complexity index is 1020. The standard InChI is InChI=1S/C28H43N5O8/c1-2-3-17-30-20-15-13-19(14-16-20)27(39)31-18-5-4-8-21(26(29)38)32-23(34)10-6-9-22(28(40)41)33-24(35)11-7-12-25(36)37/h13-16,21-22,30H,2-12,17-18H2,1H3,(H2,29,38)(H,31,39)(H,32,34)(H,33,35)(H,36,37)(H,40,41)/t21-,22-/m0/s1. The Kier molecular flexibility index (Phi) is 16.9. The Balaban J connectivity index is 2.34. The number of unbranched alkanes of at least 4 members (excludes halogenated alkanes) is 2. The van der Waals surface area contributed by atoms with Crippen molar-refractivity contribution in [2.45, 2.75) is 89.6 Å². The summed E-state index contributed by atoms with van der Waals surface area (Å²) in [5.41, 5.74) is 6.90. The highest BCUT2D eigenvalue weighted by Crippen LogP contribution is 2.10. The van der Waals surface area contributed by atoms with Crippen molar-refractivity contribution in [3.63, 3.8) is 0 Å². The maximum atomic E-state index is 12.3. The molecule has 0 heterocycles. The second-order valence-corrected chi connectivity index (χ2v) is 9.73. The second kappa shape index (κ2) is 19.8. The van der Waals surface area contributed by atoms with Gasteiger partial charge in [0.05, 0.1) is 0 Å². The Morgan fingerprint density at radius 2 is 1.37 bits per heavy atom. The summed E-state index contributed by atoms with van der Waals surface area (Å²) in [7, 11) is 0. The molecule has 0 bridgehead atoms. The zero-order valence-corrected chi connectivity index (χ0v) is 23.6. The molecule has 1 aromatic carbocycles. The molecule has 0 aliphatic carbocycles. The molecule has 0 spiro atoms. The number of benzene rings is 1. The molecule has 2 atom stereocenters. The van der Waals surface area contributed by atoms with E-state index in [0.29, 0.717) is 24.9 Å². The van der Waals surface area contributed by atoms with E-state index in [2.05, 4.69) is 28.2 Å². The number of hydrogen-bond acceptors (Lipinski definition) is 7. The number of carboxylic acid groups (broad SMARTS) is 2. The highest BCUT2D eigenvalue weighted by atomic mass is 16.4. The molecular weight excluding hydrogens is 534 g/mol. The number of amides is 4. The lowest BCUT2D eigenvalue weighted by atomic mass is 10.1. The molecule has 0 radical (unpaired) electrons. The highest BCUT2D eigenvalue weighted by Gasteiger charge is 2.21. The third-order valence-electron chi connectivity index (χ3n) is 6.21. The van der Waals surface area contributed by atoms with Gasteiger partial charge in [0.25, 0.3) is 5.91 Å². The zero-order valence-electron chi connectivity index (χ0n) is 23.6. The molecule has 0 unspecified atom stereocenters. The number of carbonyl (C=O) groups is 6. The Labute approximate surface area is 240 Å². The molecule has 228 valence electrons. The number of carboxylic acids is 2. The van der Waals surface area contributed by atoms with Gasteiger partial charge in [-0.05, 0) is 69.2 Å². The number of rotatable bonds is 22. The number of anilines is 1. The first-order valence-electron chi connectivity index (χ1n) is 14.0. The third kappa shape index (κ3) is 15.9. The molecule has 1 aromatic rings. The Morgan fingerprint density at radius 3 is 1.95 bits per heavy atom. The quantitative estimate of drug-likeness (QED) is 0.0997. The lowest BCUT2D eigenvalue weighted by Crippen LogP contribution is -2.44. The van der Waals surface area contributed by atoms with Crippen molar-refractivity contribution in [2.75, 3.05) is 18.4 Å². The first kappa shape index (κ1) is 34.9. The van der Waals surface area contributed by atoms with E-state index in [1.807, 2.05) is 12.1 Å². The van der Waals surface area contributed by atoms with E-state index in [1.54, 1.807) is 12.1 Å². The molecule has 13 nitrogen and oxygen atoms in total. The normalized spacial score (nSPS) is 12.0. The van der Waals surface area contributed by atoms with E-state index in [9.17, 15) is 33.9 Å². The van der Waals surface area contributed by atoms with Crippen LogP contribution in [0, 0.1) is 0 Å². The van der Waals surface area contributed by atoms with Gasteiger partial charge in [-0.25, -0.2) is 4.79 Å². The summed E-state index contributed by atoms with van der Waals surface area (Å²) in [4.78, 5) is 70.2. The van der Waals surface area contributed by atoms with E-state index in [0.717, 1.165) is 25.1 Å². The topological polar surface area (TPSA) is 217 Å². The van der Waals surface area contributed by atoms with Crippen molar-refractivity contribution in [3.05, 3.63) is 29.8 Å². The van der Waals surface area contributed by atoms with Crippen molar-refractivity contribution < 1.29 is 39.0 Å². The number of nitrogens with one attached hydrogen (secondary N) is 4. The van der Waals surface area contributed by atoms with Gasteiger partial charge in [-0.3, -0.25) is 24.0 Å². The van der Waals surface area contributed by atoms with Crippen LogP contribution in [0.3, 0.4) is 0 Å². The SMILES string of the molecule is CCCCNc1ccc(C(=O)NCCCC[C@H](NC(=O)CCC[C@H](NC(=O)CCCC(=O)O)C(=O)O)C(N)=O)cc1. The van der Waals surface area contributed by atoms with E-state index in [-0.39, 0.29) is 50.9 Å². The highest BCUT2D eigenvalue weighted by molar-refractivity contribution is 5.94. The summed E-state index contributed by atoms with van der Waals surface area (Å²) >= 11 is 0. The monoisotopic (exact) mass is 577 g/mol. The minimum absolute atomic E-state index is 0.0214. The lowest BCUT2D eigenvalue weighted by Gasteiger charge is -2.17. The average molecular weight is 578 g/mol. The van der Waals surface area contributed by atoms with Crippen LogP contribution in [0.2, 0.25) is 0 Å². The zero-order chi connectivity index (χ0) is 30.6. The van der Waals surface area contributed by atoms with Crippen molar-refractivity contribution in [1.82, 2.24) is 16.0 Å². The molecule has 8 N–H and O–H groups in total. The fourth-order valence-electron chi connectivity index (χ4n) is 3.87. The molecule has 0 saturated carbocycles. The fourth-order valence-corrected chi connectivity index (χ4v) is 3.87. The maximum absolute atomic E-state index is 12.3. The molecule has 41 heavy (non-hydrogen) atoms. The summed E-state index contributed by atoms with van der Waals surface area (Å²) in [6.45, 7) is 3.37. The van der Waals surface area contributed by atoms with Crippen molar-refractivity contribution in [2.24, 2.45) is 5.73 Å². The van der Waals surface area contributed by atoms with Crippen LogP contribution in [0.5, 0.6) is 0 Å². The number of primary amides is 1. The Morgan fingerprint density at radius 1 is 0.756 bits per heavy atom. The molecule has 4 amide bonds. The molecule has 1 rings (SSSR count). The largest absolute Gasteiger partial charge is 0.481 e. The average Bonchev–Trinajstić information content (AvgIpc) is 2.91. The predicted molar refractivity (Wildman–Crippen MR) is 152 cm³/mol.